The summed E-state index contributed by atoms with van der Waals surface area (Å²) in [5.74, 6) is -0.164. The summed E-state index contributed by atoms with van der Waals surface area (Å²) in [6.07, 6.45) is 4.56. The Labute approximate surface area is 115 Å². The van der Waals surface area contributed by atoms with Crippen molar-refractivity contribution in [2.75, 3.05) is 0 Å². The second-order valence-electron chi connectivity index (χ2n) is 4.52. The minimum atomic E-state index is -0.164. The summed E-state index contributed by atoms with van der Waals surface area (Å²) in [6, 6.07) is 5.32. The number of alkyl halides is 1. The van der Waals surface area contributed by atoms with Crippen LogP contribution in [-0.4, -0.2) is 11.4 Å². The first-order valence-corrected chi connectivity index (χ1v) is 7.21. The van der Waals surface area contributed by atoms with Crippen LogP contribution in [0.1, 0.15) is 31.2 Å². The van der Waals surface area contributed by atoms with E-state index in [9.17, 15) is 4.39 Å². The van der Waals surface area contributed by atoms with E-state index in [0.717, 1.165) is 17.3 Å². The SMILES string of the molecule is Fc1ccc(Br)cc1CNC1CCCCC1Cl. The number of hydrogen-bond donors (Lipinski definition) is 1. The van der Waals surface area contributed by atoms with Crippen LogP contribution in [0.3, 0.4) is 0 Å². The van der Waals surface area contributed by atoms with Crippen LogP contribution >= 0.6 is 27.5 Å². The fraction of sp³-hybridized carbons (Fsp3) is 0.538. The molecule has 0 heterocycles. The van der Waals surface area contributed by atoms with Crippen LogP contribution in [-0.2, 0) is 6.54 Å². The van der Waals surface area contributed by atoms with Gasteiger partial charge in [-0.25, -0.2) is 4.39 Å². The van der Waals surface area contributed by atoms with E-state index in [2.05, 4.69) is 21.2 Å². The van der Waals surface area contributed by atoms with E-state index in [1.165, 1.54) is 18.9 Å². The summed E-state index contributed by atoms with van der Waals surface area (Å²) in [5, 5.41) is 3.54. The predicted octanol–water partition coefficient (Wildman–Crippen LogP) is 4.23. The molecule has 2 unspecified atom stereocenters. The van der Waals surface area contributed by atoms with E-state index in [1.54, 1.807) is 6.07 Å². The van der Waals surface area contributed by atoms with Gasteiger partial charge in [0.15, 0.2) is 0 Å². The van der Waals surface area contributed by atoms with Crippen molar-refractivity contribution in [1.29, 1.82) is 0 Å². The Bertz CT molecular complexity index is 386. The third-order valence-electron chi connectivity index (χ3n) is 3.24. The normalized spacial score (nSPS) is 24.9. The van der Waals surface area contributed by atoms with Crippen molar-refractivity contribution in [2.24, 2.45) is 0 Å². The third kappa shape index (κ3) is 3.67. The summed E-state index contributed by atoms with van der Waals surface area (Å²) < 4.78 is 14.4. The largest absolute Gasteiger partial charge is 0.308 e. The third-order valence-corrected chi connectivity index (χ3v) is 4.26. The second-order valence-corrected chi connectivity index (χ2v) is 6.00. The molecule has 1 saturated carbocycles. The van der Waals surface area contributed by atoms with Crippen LogP contribution in [0.2, 0.25) is 0 Å². The van der Waals surface area contributed by atoms with Gasteiger partial charge in [-0.3, -0.25) is 0 Å². The van der Waals surface area contributed by atoms with E-state index >= 15 is 0 Å². The van der Waals surface area contributed by atoms with Crippen molar-refractivity contribution in [1.82, 2.24) is 5.32 Å². The van der Waals surface area contributed by atoms with Gasteiger partial charge in [0.25, 0.3) is 0 Å². The Kier molecular flexibility index (Phi) is 4.83. The lowest BCUT2D eigenvalue weighted by Gasteiger charge is -2.28. The molecule has 0 spiro atoms. The minimum absolute atomic E-state index is 0.164. The molecule has 0 saturated heterocycles. The molecule has 2 atom stereocenters. The number of nitrogens with one attached hydrogen (secondary N) is 1. The molecule has 0 aliphatic heterocycles. The number of halogens is 3. The molecule has 94 valence electrons. The first-order valence-electron chi connectivity index (χ1n) is 5.98. The molecule has 1 aromatic rings. The van der Waals surface area contributed by atoms with Gasteiger partial charge in [0.2, 0.25) is 0 Å². The minimum Gasteiger partial charge on any atom is -0.308 e. The predicted molar refractivity (Wildman–Crippen MR) is 72.8 cm³/mol. The van der Waals surface area contributed by atoms with E-state index in [1.807, 2.05) is 6.07 Å². The molecule has 17 heavy (non-hydrogen) atoms. The van der Waals surface area contributed by atoms with Crippen LogP contribution in [0.25, 0.3) is 0 Å². The second kappa shape index (κ2) is 6.17. The summed E-state index contributed by atoms with van der Waals surface area (Å²) in [4.78, 5) is 0. The van der Waals surface area contributed by atoms with Gasteiger partial charge in [0.1, 0.15) is 5.82 Å². The van der Waals surface area contributed by atoms with Crippen molar-refractivity contribution in [3.63, 3.8) is 0 Å². The average molecular weight is 321 g/mol. The molecule has 1 nitrogen and oxygen atoms in total. The fourth-order valence-corrected chi connectivity index (χ4v) is 3.01. The van der Waals surface area contributed by atoms with Gasteiger partial charge in [0, 0.05) is 28.0 Å². The lowest BCUT2D eigenvalue weighted by Crippen LogP contribution is -2.39. The van der Waals surface area contributed by atoms with Crippen molar-refractivity contribution in [2.45, 2.75) is 43.6 Å². The zero-order valence-corrected chi connectivity index (χ0v) is 11.9. The Morgan fingerprint density at radius 1 is 1.35 bits per heavy atom. The molecule has 1 aliphatic carbocycles. The molecule has 0 radical (unpaired) electrons. The topological polar surface area (TPSA) is 12.0 Å². The maximum absolute atomic E-state index is 13.5. The monoisotopic (exact) mass is 319 g/mol. The van der Waals surface area contributed by atoms with Gasteiger partial charge in [0.05, 0.1) is 0 Å². The lowest BCUT2D eigenvalue weighted by molar-refractivity contribution is 0.376. The smallest absolute Gasteiger partial charge is 0.127 e. The summed E-state index contributed by atoms with van der Waals surface area (Å²) in [5.41, 5.74) is 0.689. The lowest BCUT2D eigenvalue weighted by atomic mass is 9.95. The molecule has 0 amide bonds. The number of benzene rings is 1. The van der Waals surface area contributed by atoms with Gasteiger partial charge in [-0.1, -0.05) is 28.8 Å². The molecule has 4 heteroatoms. The summed E-state index contributed by atoms with van der Waals surface area (Å²) >= 11 is 9.61. The molecular formula is C13H16BrClFN. The zero-order valence-electron chi connectivity index (χ0n) is 9.56. The molecule has 1 fully saturated rings. The molecule has 1 N–H and O–H groups in total. The quantitative estimate of drug-likeness (QED) is 0.822. The summed E-state index contributed by atoms with van der Waals surface area (Å²) in [7, 11) is 0. The highest BCUT2D eigenvalue weighted by Crippen LogP contribution is 2.24. The Morgan fingerprint density at radius 2 is 2.12 bits per heavy atom. The first kappa shape index (κ1) is 13.3. The van der Waals surface area contributed by atoms with E-state index in [-0.39, 0.29) is 11.2 Å². The number of rotatable bonds is 3. The zero-order chi connectivity index (χ0) is 12.3. The fourth-order valence-electron chi connectivity index (χ4n) is 2.24. The Balaban J connectivity index is 1.94. The van der Waals surface area contributed by atoms with Gasteiger partial charge in [-0.2, -0.15) is 0 Å². The maximum atomic E-state index is 13.5. The van der Waals surface area contributed by atoms with Crippen LogP contribution in [0, 0.1) is 5.82 Å². The van der Waals surface area contributed by atoms with Crippen LogP contribution < -0.4 is 5.32 Å². The van der Waals surface area contributed by atoms with Gasteiger partial charge >= 0.3 is 0 Å². The molecule has 0 aromatic heterocycles. The van der Waals surface area contributed by atoms with Crippen LogP contribution in [0.5, 0.6) is 0 Å². The van der Waals surface area contributed by atoms with Crippen molar-refractivity contribution in [3.8, 4) is 0 Å². The van der Waals surface area contributed by atoms with Gasteiger partial charge < -0.3 is 5.32 Å². The standard InChI is InChI=1S/C13H16BrClFN/c14-10-5-6-12(16)9(7-10)8-17-13-4-2-1-3-11(13)15/h5-7,11,13,17H,1-4,8H2. The summed E-state index contributed by atoms with van der Waals surface area (Å²) in [6.45, 7) is 0.541. The van der Waals surface area contributed by atoms with E-state index in [0.29, 0.717) is 18.2 Å². The highest BCUT2D eigenvalue weighted by Gasteiger charge is 2.22. The highest BCUT2D eigenvalue weighted by molar-refractivity contribution is 9.10. The first-order chi connectivity index (χ1) is 8.16. The van der Waals surface area contributed by atoms with Gasteiger partial charge in [-0.05, 0) is 31.0 Å². The van der Waals surface area contributed by atoms with Crippen molar-refractivity contribution in [3.05, 3.63) is 34.1 Å². The Morgan fingerprint density at radius 3 is 2.88 bits per heavy atom. The molecular weight excluding hydrogens is 305 g/mol. The average Bonchev–Trinajstić information content (AvgIpc) is 2.32. The van der Waals surface area contributed by atoms with Crippen molar-refractivity contribution < 1.29 is 4.39 Å². The number of hydrogen-bond acceptors (Lipinski definition) is 1. The van der Waals surface area contributed by atoms with Crippen molar-refractivity contribution >= 4 is 27.5 Å². The van der Waals surface area contributed by atoms with Gasteiger partial charge in [-0.15, -0.1) is 11.6 Å². The van der Waals surface area contributed by atoms with E-state index < -0.39 is 0 Å². The Hall–Kier alpha value is -0.120. The highest BCUT2D eigenvalue weighted by atomic mass is 79.9. The maximum Gasteiger partial charge on any atom is 0.127 e. The molecule has 2 rings (SSSR count). The molecule has 1 aliphatic rings. The van der Waals surface area contributed by atoms with Crippen LogP contribution in [0.15, 0.2) is 22.7 Å². The van der Waals surface area contributed by atoms with Crippen LogP contribution in [0.4, 0.5) is 4.39 Å². The molecule has 1 aromatic carbocycles. The molecule has 0 bridgehead atoms. The van der Waals surface area contributed by atoms with E-state index in [4.69, 9.17) is 11.6 Å².